The van der Waals surface area contributed by atoms with Crippen molar-refractivity contribution in [2.24, 2.45) is 0 Å². The van der Waals surface area contributed by atoms with Crippen molar-refractivity contribution < 1.29 is 4.79 Å². The average molecular weight is 383 g/mol. The second kappa shape index (κ2) is 8.74. The second-order valence-electron chi connectivity index (χ2n) is 7.46. The van der Waals surface area contributed by atoms with E-state index in [4.69, 9.17) is 4.98 Å². The highest BCUT2D eigenvalue weighted by molar-refractivity contribution is 5.78. The van der Waals surface area contributed by atoms with E-state index < -0.39 is 0 Å². The Morgan fingerprint density at radius 3 is 2.31 bits per heavy atom. The van der Waals surface area contributed by atoms with E-state index in [2.05, 4.69) is 41.5 Å². The average Bonchev–Trinajstić information content (AvgIpc) is 3.19. The molecule has 2 atom stereocenters. The standard InChI is InChI=1S/C25H25N3O/c1-18(20-12-6-3-7-13-20)16-24(29)26-23(17-19-10-4-2-5-11-19)25-27-21-14-8-9-15-22(21)28-25/h2-15,18,23H,16-17H2,1H3,(H,26,29)(H,27,28)/t18-,23+/m0/s1. The van der Waals surface area contributed by atoms with Crippen LogP contribution in [0.4, 0.5) is 0 Å². The predicted molar refractivity (Wildman–Crippen MR) is 117 cm³/mol. The molecular formula is C25H25N3O. The summed E-state index contributed by atoms with van der Waals surface area (Å²) >= 11 is 0. The number of fused-ring (bicyclic) bond motifs is 1. The molecule has 0 fully saturated rings. The van der Waals surface area contributed by atoms with Crippen molar-refractivity contribution in [1.82, 2.24) is 15.3 Å². The number of carbonyl (C=O) groups is 1. The van der Waals surface area contributed by atoms with E-state index in [0.717, 1.165) is 22.4 Å². The summed E-state index contributed by atoms with van der Waals surface area (Å²) in [4.78, 5) is 21.0. The SMILES string of the molecule is C[C@@H](CC(=O)N[C@H](Cc1ccccc1)c1nc2ccccc2[nH]1)c1ccccc1. The fourth-order valence-corrected chi connectivity index (χ4v) is 3.63. The van der Waals surface area contributed by atoms with E-state index in [0.29, 0.717) is 12.8 Å². The molecule has 4 aromatic rings. The number of para-hydroxylation sites is 2. The Hall–Kier alpha value is -3.40. The number of nitrogens with zero attached hydrogens (tertiary/aromatic N) is 1. The summed E-state index contributed by atoms with van der Waals surface area (Å²) < 4.78 is 0. The van der Waals surface area contributed by atoms with Crippen LogP contribution in [0.5, 0.6) is 0 Å². The Morgan fingerprint density at radius 2 is 1.59 bits per heavy atom. The van der Waals surface area contributed by atoms with Crippen LogP contribution in [0, 0.1) is 0 Å². The molecule has 1 heterocycles. The minimum absolute atomic E-state index is 0.0303. The lowest BCUT2D eigenvalue weighted by Gasteiger charge is -2.19. The van der Waals surface area contributed by atoms with Gasteiger partial charge in [-0.1, -0.05) is 79.7 Å². The van der Waals surface area contributed by atoms with Crippen LogP contribution in [-0.4, -0.2) is 15.9 Å². The third-order valence-electron chi connectivity index (χ3n) is 5.22. The monoisotopic (exact) mass is 383 g/mol. The molecule has 0 aliphatic heterocycles. The zero-order valence-corrected chi connectivity index (χ0v) is 16.5. The van der Waals surface area contributed by atoms with Gasteiger partial charge in [0.2, 0.25) is 5.91 Å². The number of carbonyl (C=O) groups excluding carboxylic acids is 1. The second-order valence-corrected chi connectivity index (χ2v) is 7.46. The minimum atomic E-state index is -0.208. The molecule has 146 valence electrons. The van der Waals surface area contributed by atoms with Gasteiger partial charge in [-0.05, 0) is 35.6 Å². The van der Waals surface area contributed by atoms with Crippen LogP contribution in [-0.2, 0) is 11.2 Å². The number of benzene rings is 3. The fourth-order valence-electron chi connectivity index (χ4n) is 3.63. The van der Waals surface area contributed by atoms with Crippen LogP contribution in [0.1, 0.15) is 42.3 Å². The van der Waals surface area contributed by atoms with Crippen molar-refractivity contribution in [3.63, 3.8) is 0 Å². The molecule has 0 aliphatic carbocycles. The first-order valence-corrected chi connectivity index (χ1v) is 10.0. The smallest absolute Gasteiger partial charge is 0.221 e. The normalized spacial score (nSPS) is 13.1. The van der Waals surface area contributed by atoms with Gasteiger partial charge in [-0.2, -0.15) is 0 Å². The van der Waals surface area contributed by atoms with Crippen molar-refractivity contribution in [3.05, 3.63) is 102 Å². The van der Waals surface area contributed by atoms with Crippen molar-refractivity contribution in [1.29, 1.82) is 0 Å². The predicted octanol–water partition coefficient (Wildman–Crippen LogP) is 5.16. The van der Waals surface area contributed by atoms with E-state index in [-0.39, 0.29) is 17.9 Å². The first kappa shape index (κ1) is 18.9. The van der Waals surface area contributed by atoms with Gasteiger partial charge in [0.05, 0.1) is 17.1 Å². The molecule has 29 heavy (non-hydrogen) atoms. The van der Waals surface area contributed by atoms with Gasteiger partial charge in [0.15, 0.2) is 0 Å². The first-order chi connectivity index (χ1) is 14.2. The Bertz CT molecular complexity index is 1040. The molecular weight excluding hydrogens is 358 g/mol. The third-order valence-corrected chi connectivity index (χ3v) is 5.22. The number of amides is 1. The molecule has 1 aromatic heterocycles. The minimum Gasteiger partial charge on any atom is -0.346 e. The van der Waals surface area contributed by atoms with Gasteiger partial charge >= 0.3 is 0 Å². The summed E-state index contributed by atoms with van der Waals surface area (Å²) in [5.74, 6) is 0.975. The number of rotatable bonds is 7. The number of aromatic nitrogens is 2. The Morgan fingerprint density at radius 1 is 0.931 bits per heavy atom. The van der Waals surface area contributed by atoms with Crippen molar-refractivity contribution in [3.8, 4) is 0 Å². The molecule has 0 aliphatic rings. The summed E-state index contributed by atoms with van der Waals surface area (Å²) in [6.45, 7) is 2.09. The van der Waals surface area contributed by atoms with Gasteiger partial charge < -0.3 is 10.3 Å². The van der Waals surface area contributed by atoms with Gasteiger partial charge in [-0.3, -0.25) is 4.79 Å². The Balaban J connectivity index is 1.54. The Kier molecular flexibility index (Phi) is 5.71. The molecule has 4 rings (SSSR count). The number of H-pyrrole nitrogens is 1. The van der Waals surface area contributed by atoms with Gasteiger partial charge in [0.25, 0.3) is 0 Å². The molecule has 0 bridgehead atoms. The Labute approximate surface area is 171 Å². The van der Waals surface area contributed by atoms with E-state index in [9.17, 15) is 4.79 Å². The number of hydrogen-bond donors (Lipinski definition) is 2. The third kappa shape index (κ3) is 4.72. The van der Waals surface area contributed by atoms with Crippen molar-refractivity contribution >= 4 is 16.9 Å². The number of nitrogens with one attached hydrogen (secondary N) is 2. The first-order valence-electron chi connectivity index (χ1n) is 10.0. The van der Waals surface area contributed by atoms with Crippen molar-refractivity contribution in [2.75, 3.05) is 0 Å². The summed E-state index contributed by atoms with van der Waals surface area (Å²) in [7, 11) is 0. The topological polar surface area (TPSA) is 57.8 Å². The van der Waals surface area contributed by atoms with Crippen molar-refractivity contribution in [2.45, 2.75) is 31.7 Å². The molecule has 4 heteroatoms. The quantitative estimate of drug-likeness (QED) is 0.463. The maximum atomic E-state index is 12.9. The molecule has 0 unspecified atom stereocenters. The van der Waals surface area contributed by atoms with E-state index in [1.165, 1.54) is 5.56 Å². The molecule has 0 saturated carbocycles. The molecule has 4 nitrogen and oxygen atoms in total. The van der Waals surface area contributed by atoms with E-state index in [1.807, 2.05) is 60.7 Å². The van der Waals surface area contributed by atoms with Crippen LogP contribution in [0.2, 0.25) is 0 Å². The summed E-state index contributed by atoms with van der Waals surface area (Å²) in [6.07, 6.45) is 1.13. The zero-order chi connectivity index (χ0) is 20.1. The molecule has 0 radical (unpaired) electrons. The molecule has 3 aromatic carbocycles. The van der Waals surface area contributed by atoms with E-state index >= 15 is 0 Å². The van der Waals surface area contributed by atoms with Gasteiger partial charge in [-0.15, -0.1) is 0 Å². The summed E-state index contributed by atoms with van der Waals surface area (Å²) in [5.41, 5.74) is 4.22. The van der Waals surface area contributed by atoms with Gasteiger partial charge in [0.1, 0.15) is 5.82 Å². The van der Waals surface area contributed by atoms with Crippen LogP contribution in [0.25, 0.3) is 11.0 Å². The molecule has 0 spiro atoms. The van der Waals surface area contributed by atoms with Crippen LogP contribution in [0.15, 0.2) is 84.9 Å². The van der Waals surface area contributed by atoms with Gasteiger partial charge in [0, 0.05) is 6.42 Å². The number of aromatic amines is 1. The van der Waals surface area contributed by atoms with Gasteiger partial charge in [-0.25, -0.2) is 4.98 Å². The molecule has 2 N–H and O–H groups in total. The highest BCUT2D eigenvalue weighted by Crippen LogP contribution is 2.22. The molecule has 1 amide bonds. The molecule has 0 saturated heterocycles. The summed E-state index contributed by atoms with van der Waals surface area (Å²) in [5, 5.41) is 3.21. The lowest BCUT2D eigenvalue weighted by molar-refractivity contribution is -0.122. The largest absolute Gasteiger partial charge is 0.346 e. The van der Waals surface area contributed by atoms with Crippen LogP contribution in [0.3, 0.4) is 0 Å². The maximum Gasteiger partial charge on any atom is 0.221 e. The van der Waals surface area contributed by atoms with Crippen LogP contribution >= 0.6 is 0 Å². The van der Waals surface area contributed by atoms with Crippen LogP contribution < -0.4 is 5.32 Å². The maximum absolute atomic E-state index is 12.9. The summed E-state index contributed by atoms with van der Waals surface area (Å²) in [6, 6.07) is 28.1. The number of hydrogen-bond acceptors (Lipinski definition) is 2. The highest BCUT2D eigenvalue weighted by atomic mass is 16.1. The highest BCUT2D eigenvalue weighted by Gasteiger charge is 2.20. The zero-order valence-electron chi connectivity index (χ0n) is 16.5. The van der Waals surface area contributed by atoms with E-state index in [1.54, 1.807) is 0 Å². The lowest BCUT2D eigenvalue weighted by atomic mass is 9.97. The number of imidazole rings is 1. The fraction of sp³-hybridized carbons (Fsp3) is 0.200. The lowest BCUT2D eigenvalue weighted by Crippen LogP contribution is -2.31.